The fourth-order valence-corrected chi connectivity index (χ4v) is 1.90. The van der Waals surface area contributed by atoms with Crippen LogP contribution in [-0.2, 0) is 0 Å². The van der Waals surface area contributed by atoms with Crippen molar-refractivity contribution in [3.8, 4) is 0 Å². The van der Waals surface area contributed by atoms with Crippen molar-refractivity contribution in [3.05, 3.63) is 64.2 Å². The van der Waals surface area contributed by atoms with E-state index in [1.165, 1.54) is 12.1 Å². The summed E-state index contributed by atoms with van der Waals surface area (Å²) in [4.78, 5) is 4.01. The van der Waals surface area contributed by atoms with Crippen molar-refractivity contribution in [2.45, 2.75) is 13.0 Å². The van der Waals surface area contributed by atoms with Gasteiger partial charge in [-0.1, -0.05) is 11.6 Å². The number of nitrogens with zero attached hydrogens (tertiary/aromatic N) is 1. The molecule has 1 aromatic carbocycles. The van der Waals surface area contributed by atoms with E-state index in [9.17, 15) is 4.39 Å². The molecule has 2 nitrogen and oxygen atoms in total. The maximum absolute atomic E-state index is 13.7. The maximum atomic E-state index is 13.7. The molecule has 1 aromatic heterocycles. The zero-order valence-corrected chi connectivity index (χ0v) is 10.1. The molecule has 0 spiro atoms. The summed E-state index contributed by atoms with van der Waals surface area (Å²) >= 11 is 5.85. The minimum Gasteiger partial charge on any atom is -0.320 e. The van der Waals surface area contributed by atoms with Gasteiger partial charge in [-0.05, 0) is 42.3 Å². The van der Waals surface area contributed by atoms with Gasteiger partial charge in [-0.25, -0.2) is 4.39 Å². The van der Waals surface area contributed by atoms with Gasteiger partial charge in [0.25, 0.3) is 0 Å². The van der Waals surface area contributed by atoms with Crippen molar-refractivity contribution < 1.29 is 4.39 Å². The van der Waals surface area contributed by atoms with Gasteiger partial charge in [0.1, 0.15) is 5.82 Å². The molecule has 88 valence electrons. The fraction of sp³-hybridized carbons (Fsp3) is 0.154. The van der Waals surface area contributed by atoms with Crippen molar-refractivity contribution in [1.82, 2.24) is 4.98 Å². The van der Waals surface area contributed by atoms with E-state index < -0.39 is 6.04 Å². The van der Waals surface area contributed by atoms with Gasteiger partial charge in [0.15, 0.2) is 0 Å². The standard InChI is InChI=1S/C13H12ClFN2/c1-8-4-5-17-7-11(8)13(16)10-6-9(14)2-3-12(10)15/h2-7,13H,16H2,1H3. The van der Waals surface area contributed by atoms with E-state index in [0.29, 0.717) is 10.6 Å². The number of aromatic nitrogens is 1. The molecule has 1 unspecified atom stereocenters. The average Bonchev–Trinajstić information content (AvgIpc) is 2.32. The van der Waals surface area contributed by atoms with Crippen LogP contribution in [0.5, 0.6) is 0 Å². The van der Waals surface area contributed by atoms with Crippen LogP contribution in [0.25, 0.3) is 0 Å². The molecular formula is C13H12ClFN2. The first-order chi connectivity index (χ1) is 8.09. The number of hydrogen-bond donors (Lipinski definition) is 1. The first-order valence-corrected chi connectivity index (χ1v) is 5.58. The summed E-state index contributed by atoms with van der Waals surface area (Å²) in [5.74, 6) is -0.356. The normalized spacial score (nSPS) is 12.5. The number of aryl methyl sites for hydroxylation is 1. The summed E-state index contributed by atoms with van der Waals surface area (Å²) in [6, 6.07) is 5.67. The highest BCUT2D eigenvalue weighted by atomic mass is 35.5. The van der Waals surface area contributed by atoms with Crippen LogP contribution in [0.2, 0.25) is 5.02 Å². The molecule has 0 saturated carbocycles. The van der Waals surface area contributed by atoms with Gasteiger partial charge in [-0.2, -0.15) is 0 Å². The SMILES string of the molecule is Cc1ccncc1C(N)c1cc(Cl)ccc1F. The monoisotopic (exact) mass is 250 g/mol. The highest BCUT2D eigenvalue weighted by Gasteiger charge is 2.15. The van der Waals surface area contributed by atoms with E-state index in [1.54, 1.807) is 18.5 Å². The third kappa shape index (κ3) is 2.46. The summed E-state index contributed by atoms with van der Waals surface area (Å²) in [5, 5.41) is 0.471. The van der Waals surface area contributed by atoms with Crippen LogP contribution in [0.4, 0.5) is 4.39 Å². The minimum absolute atomic E-state index is 0.356. The predicted octanol–water partition coefficient (Wildman–Crippen LogP) is 3.23. The van der Waals surface area contributed by atoms with E-state index >= 15 is 0 Å². The molecule has 0 amide bonds. The Kier molecular flexibility index (Phi) is 3.41. The van der Waals surface area contributed by atoms with E-state index in [0.717, 1.165) is 11.1 Å². The summed E-state index contributed by atoms with van der Waals surface area (Å²) in [7, 11) is 0. The lowest BCUT2D eigenvalue weighted by molar-refractivity contribution is 0.599. The topological polar surface area (TPSA) is 38.9 Å². The van der Waals surface area contributed by atoms with Crippen LogP contribution >= 0.6 is 11.6 Å². The molecule has 0 saturated heterocycles. The highest BCUT2D eigenvalue weighted by molar-refractivity contribution is 6.30. The maximum Gasteiger partial charge on any atom is 0.128 e. The van der Waals surface area contributed by atoms with Crippen molar-refractivity contribution in [2.75, 3.05) is 0 Å². The lowest BCUT2D eigenvalue weighted by Crippen LogP contribution is -2.15. The van der Waals surface area contributed by atoms with Crippen molar-refractivity contribution in [2.24, 2.45) is 5.73 Å². The Morgan fingerprint density at radius 1 is 1.29 bits per heavy atom. The molecule has 2 N–H and O–H groups in total. The Labute approximate surface area is 104 Å². The number of pyridine rings is 1. The Bertz CT molecular complexity index is 543. The molecule has 2 aromatic rings. The Hall–Kier alpha value is -1.45. The fourth-order valence-electron chi connectivity index (χ4n) is 1.72. The van der Waals surface area contributed by atoms with Gasteiger partial charge in [0.2, 0.25) is 0 Å². The number of benzene rings is 1. The average molecular weight is 251 g/mol. The number of nitrogens with two attached hydrogens (primary N) is 1. The molecule has 1 atom stereocenters. The van der Waals surface area contributed by atoms with Crippen LogP contribution < -0.4 is 5.73 Å². The molecule has 17 heavy (non-hydrogen) atoms. The second kappa shape index (κ2) is 4.82. The largest absolute Gasteiger partial charge is 0.320 e. The van der Waals surface area contributed by atoms with E-state index in [1.807, 2.05) is 13.0 Å². The molecule has 4 heteroatoms. The molecule has 0 bridgehead atoms. The highest BCUT2D eigenvalue weighted by Crippen LogP contribution is 2.26. The van der Waals surface area contributed by atoms with E-state index in [2.05, 4.69) is 4.98 Å². The lowest BCUT2D eigenvalue weighted by Gasteiger charge is -2.15. The molecule has 0 aliphatic rings. The summed E-state index contributed by atoms with van der Waals surface area (Å²) in [6.07, 6.45) is 3.33. The third-order valence-electron chi connectivity index (χ3n) is 2.71. The molecule has 1 heterocycles. The van der Waals surface area contributed by atoms with Crippen LogP contribution in [-0.4, -0.2) is 4.98 Å². The van der Waals surface area contributed by atoms with Gasteiger partial charge >= 0.3 is 0 Å². The first kappa shape index (κ1) is 12.0. The molecular weight excluding hydrogens is 239 g/mol. The molecule has 0 fully saturated rings. The quantitative estimate of drug-likeness (QED) is 0.889. The summed E-state index contributed by atoms with van der Waals surface area (Å²) in [5.41, 5.74) is 8.21. The second-order valence-electron chi connectivity index (χ2n) is 3.88. The van der Waals surface area contributed by atoms with E-state index in [4.69, 9.17) is 17.3 Å². The van der Waals surface area contributed by atoms with Crippen LogP contribution in [0.15, 0.2) is 36.7 Å². The predicted molar refractivity (Wildman–Crippen MR) is 66.4 cm³/mol. The third-order valence-corrected chi connectivity index (χ3v) is 2.94. The number of hydrogen-bond acceptors (Lipinski definition) is 2. The summed E-state index contributed by atoms with van der Waals surface area (Å²) in [6.45, 7) is 1.92. The zero-order valence-electron chi connectivity index (χ0n) is 9.32. The second-order valence-corrected chi connectivity index (χ2v) is 4.31. The van der Waals surface area contributed by atoms with Crippen LogP contribution in [0.1, 0.15) is 22.7 Å². The van der Waals surface area contributed by atoms with Crippen molar-refractivity contribution in [3.63, 3.8) is 0 Å². The smallest absolute Gasteiger partial charge is 0.128 e. The first-order valence-electron chi connectivity index (χ1n) is 5.20. The molecule has 2 rings (SSSR count). The molecule has 0 radical (unpaired) electrons. The Morgan fingerprint density at radius 3 is 2.76 bits per heavy atom. The number of halogens is 2. The van der Waals surface area contributed by atoms with E-state index in [-0.39, 0.29) is 5.82 Å². The van der Waals surface area contributed by atoms with Gasteiger partial charge in [0.05, 0.1) is 6.04 Å². The van der Waals surface area contributed by atoms with Crippen LogP contribution in [0.3, 0.4) is 0 Å². The summed E-state index contributed by atoms with van der Waals surface area (Å²) < 4.78 is 13.7. The van der Waals surface area contributed by atoms with Gasteiger partial charge in [-0.3, -0.25) is 4.98 Å². The van der Waals surface area contributed by atoms with Crippen molar-refractivity contribution in [1.29, 1.82) is 0 Å². The molecule has 0 aliphatic carbocycles. The number of rotatable bonds is 2. The van der Waals surface area contributed by atoms with Gasteiger partial charge in [-0.15, -0.1) is 0 Å². The van der Waals surface area contributed by atoms with Crippen molar-refractivity contribution >= 4 is 11.6 Å². The van der Waals surface area contributed by atoms with Gasteiger partial charge in [0, 0.05) is 23.0 Å². The Morgan fingerprint density at radius 2 is 2.06 bits per heavy atom. The zero-order chi connectivity index (χ0) is 12.4. The van der Waals surface area contributed by atoms with Gasteiger partial charge < -0.3 is 5.73 Å². The minimum atomic E-state index is -0.553. The Balaban J connectivity index is 2.47. The van der Waals surface area contributed by atoms with Crippen LogP contribution in [0, 0.1) is 12.7 Å². The molecule has 0 aliphatic heterocycles. The lowest BCUT2D eigenvalue weighted by atomic mass is 9.97.